The van der Waals surface area contributed by atoms with Crippen molar-refractivity contribution in [2.45, 2.75) is 38.6 Å². The lowest BCUT2D eigenvalue weighted by atomic mass is 10.0. The van der Waals surface area contributed by atoms with Gasteiger partial charge in [-0.15, -0.1) is 12.4 Å². The predicted octanol–water partition coefficient (Wildman–Crippen LogP) is 2.98. The van der Waals surface area contributed by atoms with Gasteiger partial charge in [-0.3, -0.25) is 4.79 Å². The Morgan fingerprint density at radius 3 is 2.70 bits per heavy atom. The predicted molar refractivity (Wildman–Crippen MR) is 83.7 cm³/mol. The molecule has 0 radical (unpaired) electrons. The van der Waals surface area contributed by atoms with Gasteiger partial charge in [0.2, 0.25) is 5.91 Å². The standard InChI is InChI=1S/C15H22N2O2.ClH/c1-12(18)17-14-5-7-15(8-6-14)19-11-9-13-4-2-3-10-16-13;/h5-8,13,16H,2-4,9-11H2,1H3,(H,17,18);1H. The first kappa shape index (κ1) is 16.8. The topological polar surface area (TPSA) is 50.4 Å². The molecule has 5 heteroatoms. The number of nitrogens with one attached hydrogen (secondary N) is 2. The zero-order valence-corrected chi connectivity index (χ0v) is 12.7. The molecule has 20 heavy (non-hydrogen) atoms. The molecule has 1 atom stereocenters. The van der Waals surface area contributed by atoms with E-state index in [0.29, 0.717) is 6.04 Å². The molecule has 1 saturated heterocycles. The zero-order chi connectivity index (χ0) is 13.5. The van der Waals surface area contributed by atoms with Gasteiger partial charge in [0.15, 0.2) is 0 Å². The first-order valence-electron chi connectivity index (χ1n) is 6.98. The van der Waals surface area contributed by atoms with E-state index in [1.165, 1.54) is 26.2 Å². The summed E-state index contributed by atoms with van der Waals surface area (Å²) >= 11 is 0. The summed E-state index contributed by atoms with van der Waals surface area (Å²) in [6.45, 7) is 3.37. The molecular weight excluding hydrogens is 276 g/mol. The third-order valence-electron chi connectivity index (χ3n) is 3.32. The molecule has 2 N–H and O–H groups in total. The number of halogens is 1. The maximum atomic E-state index is 10.9. The fraction of sp³-hybridized carbons (Fsp3) is 0.533. The van der Waals surface area contributed by atoms with Crippen molar-refractivity contribution in [3.05, 3.63) is 24.3 Å². The normalized spacial score (nSPS) is 17.9. The van der Waals surface area contributed by atoms with Crippen LogP contribution in [0.25, 0.3) is 0 Å². The zero-order valence-electron chi connectivity index (χ0n) is 11.9. The Balaban J connectivity index is 0.00000200. The Hall–Kier alpha value is -1.26. The van der Waals surface area contributed by atoms with Gasteiger partial charge in [0.05, 0.1) is 6.61 Å². The number of piperidine rings is 1. The molecule has 0 spiro atoms. The lowest BCUT2D eigenvalue weighted by molar-refractivity contribution is -0.114. The van der Waals surface area contributed by atoms with E-state index in [0.717, 1.165) is 31.0 Å². The average Bonchev–Trinajstić information content (AvgIpc) is 2.41. The summed E-state index contributed by atoms with van der Waals surface area (Å²) in [4.78, 5) is 10.9. The highest BCUT2D eigenvalue weighted by Crippen LogP contribution is 2.17. The first-order valence-corrected chi connectivity index (χ1v) is 6.98. The van der Waals surface area contributed by atoms with Crippen LogP contribution in [0.4, 0.5) is 5.69 Å². The van der Waals surface area contributed by atoms with E-state index in [1.807, 2.05) is 24.3 Å². The molecule has 0 aromatic heterocycles. The number of anilines is 1. The highest BCUT2D eigenvalue weighted by molar-refractivity contribution is 5.88. The number of ether oxygens (including phenoxy) is 1. The second-order valence-electron chi connectivity index (χ2n) is 4.99. The minimum atomic E-state index is -0.0583. The van der Waals surface area contributed by atoms with Crippen molar-refractivity contribution in [2.75, 3.05) is 18.5 Å². The molecule has 2 rings (SSSR count). The van der Waals surface area contributed by atoms with Crippen LogP contribution in [-0.2, 0) is 4.79 Å². The van der Waals surface area contributed by atoms with Gasteiger partial charge in [-0.05, 0) is 50.1 Å². The fourth-order valence-electron chi connectivity index (χ4n) is 2.33. The third kappa shape index (κ3) is 5.80. The number of rotatable bonds is 5. The average molecular weight is 299 g/mol. The van der Waals surface area contributed by atoms with Crippen LogP contribution in [0.15, 0.2) is 24.3 Å². The summed E-state index contributed by atoms with van der Waals surface area (Å²) in [6, 6.07) is 8.09. The molecule has 1 aliphatic rings. The quantitative estimate of drug-likeness (QED) is 0.878. The lowest BCUT2D eigenvalue weighted by Gasteiger charge is -2.23. The van der Waals surface area contributed by atoms with E-state index in [9.17, 15) is 4.79 Å². The summed E-state index contributed by atoms with van der Waals surface area (Å²) in [5.74, 6) is 0.793. The SMILES string of the molecule is CC(=O)Nc1ccc(OCCC2CCCCN2)cc1.Cl. The number of carbonyl (C=O) groups excluding carboxylic acids is 1. The van der Waals surface area contributed by atoms with Crippen molar-refractivity contribution in [1.29, 1.82) is 0 Å². The summed E-state index contributed by atoms with van der Waals surface area (Å²) in [6.07, 6.45) is 4.92. The van der Waals surface area contributed by atoms with Crippen LogP contribution < -0.4 is 15.4 Å². The molecule has 0 saturated carbocycles. The molecule has 1 amide bonds. The van der Waals surface area contributed by atoms with Gasteiger partial charge in [-0.1, -0.05) is 6.42 Å². The van der Waals surface area contributed by atoms with E-state index in [1.54, 1.807) is 0 Å². The Morgan fingerprint density at radius 1 is 1.35 bits per heavy atom. The first-order chi connectivity index (χ1) is 9.24. The van der Waals surface area contributed by atoms with Gasteiger partial charge < -0.3 is 15.4 Å². The van der Waals surface area contributed by atoms with Gasteiger partial charge in [0, 0.05) is 18.7 Å². The van der Waals surface area contributed by atoms with Crippen LogP contribution in [0.3, 0.4) is 0 Å². The Kier molecular flexibility index (Phi) is 7.41. The van der Waals surface area contributed by atoms with E-state index in [2.05, 4.69) is 10.6 Å². The molecule has 1 unspecified atom stereocenters. The monoisotopic (exact) mass is 298 g/mol. The number of hydrogen-bond acceptors (Lipinski definition) is 3. The van der Waals surface area contributed by atoms with Gasteiger partial charge in [-0.25, -0.2) is 0 Å². The molecular formula is C15H23ClN2O2. The summed E-state index contributed by atoms with van der Waals surface area (Å²) in [7, 11) is 0. The minimum absolute atomic E-state index is 0. The van der Waals surface area contributed by atoms with E-state index >= 15 is 0 Å². The second kappa shape index (κ2) is 8.82. The molecule has 1 aromatic rings. The smallest absolute Gasteiger partial charge is 0.221 e. The maximum Gasteiger partial charge on any atom is 0.221 e. The van der Waals surface area contributed by atoms with Gasteiger partial charge >= 0.3 is 0 Å². The lowest BCUT2D eigenvalue weighted by Crippen LogP contribution is -2.35. The maximum absolute atomic E-state index is 10.9. The fourth-order valence-corrected chi connectivity index (χ4v) is 2.33. The number of carbonyl (C=O) groups is 1. The van der Waals surface area contributed by atoms with Crippen LogP contribution in [0.1, 0.15) is 32.6 Å². The van der Waals surface area contributed by atoms with E-state index < -0.39 is 0 Å². The van der Waals surface area contributed by atoms with E-state index in [-0.39, 0.29) is 18.3 Å². The molecule has 4 nitrogen and oxygen atoms in total. The molecule has 1 aliphatic heterocycles. The summed E-state index contributed by atoms with van der Waals surface area (Å²) < 4.78 is 5.72. The van der Waals surface area contributed by atoms with Crippen LogP contribution in [-0.4, -0.2) is 25.1 Å². The molecule has 1 heterocycles. The highest BCUT2D eigenvalue weighted by atomic mass is 35.5. The Bertz CT molecular complexity index is 403. The number of benzene rings is 1. The van der Waals surface area contributed by atoms with Crippen molar-refractivity contribution in [3.63, 3.8) is 0 Å². The number of amides is 1. The Labute approximate surface area is 126 Å². The van der Waals surface area contributed by atoms with Gasteiger partial charge in [-0.2, -0.15) is 0 Å². The van der Waals surface area contributed by atoms with Crippen molar-refractivity contribution >= 4 is 24.0 Å². The van der Waals surface area contributed by atoms with Crippen molar-refractivity contribution < 1.29 is 9.53 Å². The van der Waals surface area contributed by atoms with Gasteiger partial charge in [0.1, 0.15) is 5.75 Å². The summed E-state index contributed by atoms with van der Waals surface area (Å²) in [5, 5.41) is 6.24. The third-order valence-corrected chi connectivity index (χ3v) is 3.32. The van der Waals surface area contributed by atoms with Crippen LogP contribution in [0.5, 0.6) is 5.75 Å². The molecule has 1 aromatic carbocycles. The van der Waals surface area contributed by atoms with Crippen molar-refractivity contribution in [3.8, 4) is 5.75 Å². The van der Waals surface area contributed by atoms with E-state index in [4.69, 9.17) is 4.74 Å². The Morgan fingerprint density at radius 2 is 2.10 bits per heavy atom. The molecule has 0 aliphatic carbocycles. The molecule has 0 bridgehead atoms. The summed E-state index contributed by atoms with van der Waals surface area (Å²) in [5.41, 5.74) is 0.800. The molecule has 1 fully saturated rings. The largest absolute Gasteiger partial charge is 0.494 e. The highest BCUT2D eigenvalue weighted by Gasteiger charge is 2.11. The second-order valence-corrected chi connectivity index (χ2v) is 4.99. The minimum Gasteiger partial charge on any atom is -0.494 e. The van der Waals surface area contributed by atoms with Crippen molar-refractivity contribution in [2.24, 2.45) is 0 Å². The number of hydrogen-bond donors (Lipinski definition) is 2. The molecule has 112 valence electrons. The van der Waals surface area contributed by atoms with Gasteiger partial charge in [0.25, 0.3) is 0 Å². The van der Waals surface area contributed by atoms with Crippen molar-refractivity contribution in [1.82, 2.24) is 5.32 Å². The van der Waals surface area contributed by atoms with Crippen LogP contribution in [0, 0.1) is 0 Å². The van der Waals surface area contributed by atoms with Crippen LogP contribution in [0.2, 0.25) is 0 Å². The van der Waals surface area contributed by atoms with Crippen LogP contribution >= 0.6 is 12.4 Å².